The lowest BCUT2D eigenvalue weighted by molar-refractivity contribution is 0.145. The van der Waals surface area contributed by atoms with E-state index in [4.69, 9.17) is 5.11 Å². The molecule has 13 heavy (non-hydrogen) atoms. The Hall–Kier alpha value is -0.370. The van der Waals surface area contributed by atoms with E-state index in [0.29, 0.717) is 0 Å². The second-order valence-electron chi connectivity index (χ2n) is 2.25. The zero-order chi connectivity index (χ0) is 10.0. The van der Waals surface area contributed by atoms with Crippen LogP contribution in [-0.4, -0.2) is 10.1 Å². The SMILES string of the molecule is OCc1nc(I)cc(C(F)F)c1F. The van der Waals surface area contributed by atoms with Crippen molar-refractivity contribution < 1.29 is 18.3 Å². The largest absolute Gasteiger partial charge is 0.390 e. The molecule has 1 aromatic rings. The molecule has 0 atom stereocenters. The van der Waals surface area contributed by atoms with Gasteiger partial charge in [-0.25, -0.2) is 18.2 Å². The van der Waals surface area contributed by atoms with Gasteiger partial charge in [-0.2, -0.15) is 0 Å². The minimum atomic E-state index is -2.89. The minimum absolute atomic E-state index is 0.235. The molecule has 0 fully saturated rings. The summed E-state index contributed by atoms with van der Waals surface area (Å²) in [7, 11) is 0. The first-order chi connectivity index (χ1) is 6.06. The molecule has 0 radical (unpaired) electrons. The van der Waals surface area contributed by atoms with E-state index in [0.717, 1.165) is 6.07 Å². The van der Waals surface area contributed by atoms with Gasteiger partial charge in [-0.1, -0.05) is 0 Å². The first kappa shape index (κ1) is 10.7. The summed E-state index contributed by atoms with van der Waals surface area (Å²) in [6, 6.07) is 0.958. The summed E-state index contributed by atoms with van der Waals surface area (Å²) in [5, 5.41) is 8.60. The van der Waals surface area contributed by atoms with Crippen LogP contribution in [0.4, 0.5) is 13.2 Å². The summed E-state index contributed by atoms with van der Waals surface area (Å²) in [6.07, 6.45) is -2.89. The summed E-state index contributed by atoms with van der Waals surface area (Å²) in [6.45, 7) is -0.678. The predicted molar refractivity (Wildman–Crippen MR) is 47.8 cm³/mol. The molecule has 1 aromatic heterocycles. The lowest BCUT2D eigenvalue weighted by Gasteiger charge is -2.05. The van der Waals surface area contributed by atoms with Crippen LogP contribution < -0.4 is 0 Å². The zero-order valence-corrected chi connectivity index (χ0v) is 8.43. The second-order valence-corrected chi connectivity index (χ2v) is 3.36. The molecule has 0 aliphatic rings. The Balaban J connectivity index is 3.27. The van der Waals surface area contributed by atoms with E-state index in [1.165, 1.54) is 0 Å². The van der Waals surface area contributed by atoms with Gasteiger partial charge in [-0.3, -0.25) is 0 Å². The van der Waals surface area contributed by atoms with Crippen LogP contribution >= 0.6 is 22.6 Å². The van der Waals surface area contributed by atoms with E-state index in [1.54, 1.807) is 22.6 Å². The van der Waals surface area contributed by atoms with Crippen molar-refractivity contribution >= 4 is 22.6 Å². The number of alkyl halides is 2. The molecule has 1 N–H and O–H groups in total. The van der Waals surface area contributed by atoms with Crippen molar-refractivity contribution in [3.8, 4) is 0 Å². The number of pyridine rings is 1. The molecule has 0 unspecified atom stereocenters. The van der Waals surface area contributed by atoms with Gasteiger partial charge in [0.2, 0.25) is 0 Å². The number of nitrogens with zero attached hydrogens (tertiary/aromatic N) is 1. The number of aromatic nitrogens is 1. The van der Waals surface area contributed by atoms with Crippen LogP contribution in [0.1, 0.15) is 17.7 Å². The van der Waals surface area contributed by atoms with Gasteiger partial charge in [0, 0.05) is 0 Å². The average molecular weight is 303 g/mol. The summed E-state index contributed by atoms with van der Waals surface area (Å²) in [5.74, 6) is -1.13. The smallest absolute Gasteiger partial charge is 0.266 e. The van der Waals surface area contributed by atoms with Crippen LogP contribution in [0.25, 0.3) is 0 Å². The number of aliphatic hydroxyl groups excluding tert-OH is 1. The number of rotatable bonds is 2. The van der Waals surface area contributed by atoms with Crippen molar-refractivity contribution in [2.24, 2.45) is 0 Å². The van der Waals surface area contributed by atoms with Crippen LogP contribution in [0.2, 0.25) is 0 Å². The van der Waals surface area contributed by atoms with Gasteiger partial charge in [-0.15, -0.1) is 0 Å². The van der Waals surface area contributed by atoms with Crippen LogP contribution in [0.3, 0.4) is 0 Å². The summed E-state index contributed by atoms with van der Waals surface area (Å²) >= 11 is 1.68. The van der Waals surface area contributed by atoms with E-state index < -0.39 is 24.4 Å². The molecule has 1 heterocycles. The third-order valence-corrected chi connectivity index (χ3v) is 1.96. The number of halogens is 4. The fourth-order valence-electron chi connectivity index (χ4n) is 0.832. The van der Waals surface area contributed by atoms with Gasteiger partial charge < -0.3 is 5.11 Å². The molecule has 72 valence electrons. The Bertz CT molecular complexity index is 319. The second kappa shape index (κ2) is 4.23. The van der Waals surface area contributed by atoms with Gasteiger partial charge in [0.15, 0.2) is 5.82 Å². The highest BCUT2D eigenvalue weighted by Crippen LogP contribution is 2.24. The topological polar surface area (TPSA) is 33.1 Å². The maximum Gasteiger partial charge on any atom is 0.266 e. The molecule has 2 nitrogen and oxygen atoms in total. The molecular formula is C7H5F3INO. The Morgan fingerprint density at radius 2 is 2.15 bits per heavy atom. The van der Waals surface area contributed by atoms with Crippen molar-refractivity contribution in [3.63, 3.8) is 0 Å². The van der Waals surface area contributed by atoms with E-state index >= 15 is 0 Å². The van der Waals surface area contributed by atoms with Gasteiger partial charge >= 0.3 is 0 Å². The van der Waals surface area contributed by atoms with Gasteiger partial charge in [0.25, 0.3) is 6.43 Å². The first-order valence-corrected chi connectivity index (χ1v) is 4.38. The minimum Gasteiger partial charge on any atom is -0.390 e. The monoisotopic (exact) mass is 303 g/mol. The lowest BCUT2D eigenvalue weighted by atomic mass is 10.2. The third kappa shape index (κ3) is 2.31. The molecule has 1 rings (SSSR count). The van der Waals surface area contributed by atoms with Crippen molar-refractivity contribution in [2.45, 2.75) is 13.0 Å². The summed E-state index contributed by atoms with van der Waals surface area (Å²) in [4.78, 5) is 3.56. The van der Waals surface area contributed by atoms with Crippen LogP contribution in [0, 0.1) is 9.52 Å². The molecule has 0 amide bonds. The fourth-order valence-corrected chi connectivity index (χ4v) is 1.46. The number of hydrogen-bond donors (Lipinski definition) is 1. The Kier molecular flexibility index (Phi) is 3.48. The molecule has 0 spiro atoms. The molecular weight excluding hydrogens is 298 g/mol. The molecule has 0 saturated carbocycles. The highest BCUT2D eigenvalue weighted by Gasteiger charge is 2.18. The Morgan fingerprint density at radius 3 is 2.62 bits per heavy atom. The van der Waals surface area contributed by atoms with Crippen LogP contribution in [0.5, 0.6) is 0 Å². The molecule has 0 saturated heterocycles. The highest BCUT2D eigenvalue weighted by molar-refractivity contribution is 14.1. The van der Waals surface area contributed by atoms with E-state index in [2.05, 4.69) is 4.98 Å². The summed E-state index contributed by atoms with van der Waals surface area (Å²) in [5.41, 5.74) is -1.06. The van der Waals surface area contributed by atoms with Gasteiger partial charge in [-0.05, 0) is 28.7 Å². The van der Waals surface area contributed by atoms with Crippen molar-refractivity contribution in [1.82, 2.24) is 4.98 Å². The van der Waals surface area contributed by atoms with E-state index in [1.807, 2.05) is 0 Å². The normalized spacial score (nSPS) is 10.9. The molecule has 6 heteroatoms. The Labute approximate surface area is 85.9 Å². The van der Waals surface area contributed by atoms with Crippen molar-refractivity contribution in [1.29, 1.82) is 0 Å². The highest BCUT2D eigenvalue weighted by atomic mass is 127. The quantitative estimate of drug-likeness (QED) is 0.671. The third-order valence-electron chi connectivity index (χ3n) is 1.41. The average Bonchev–Trinajstić information content (AvgIpc) is 2.08. The maximum absolute atomic E-state index is 13.0. The number of hydrogen-bond acceptors (Lipinski definition) is 2. The van der Waals surface area contributed by atoms with Gasteiger partial charge in [0.1, 0.15) is 9.39 Å². The molecule has 0 aliphatic carbocycles. The Morgan fingerprint density at radius 1 is 1.54 bits per heavy atom. The zero-order valence-electron chi connectivity index (χ0n) is 6.27. The molecule has 0 aliphatic heterocycles. The first-order valence-electron chi connectivity index (χ1n) is 3.30. The molecule has 0 bridgehead atoms. The van der Waals surface area contributed by atoms with Crippen LogP contribution in [0.15, 0.2) is 6.07 Å². The fraction of sp³-hybridized carbons (Fsp3) is 0.286. The maximum atomic E-state index is 13.0. The van der Waals surface area contributed by atoms with Crippen molar-refractivity contribution in [3.05, 3.63) is 26.8 Å². The van der Waals surface area contributed by atoms with Crippen LogP contribution in [-0.2, 0) is 6.61 Å². The van der Waals surface area contributed by atoms with Crippen molar-refractivity contribution in [2.75, 3.05) is 0 Å². The number of aliphatic hydroxyl groups is 1. The van der Waals surface area contributed by atoms with E-state index in [9.17, 15) is 13.2 Å². The predicted octanol–water partition coefficient (Wildman–Crippen LogP) is 2.26. The molecule has 0 aromatic carbocycles. The standard InChI is InChI=1S/C7H5F3INO/c8-6-3(7(9)10)1-5(11)12-4(6)2-13/h1,7,13H,2H2. The van der Waals surface area contributed by atoms with E-state index in [-0.39, 0.29) is 9.39 Å². The lowest BCUT2D eigenvalue weighted by Crippen LogP contribution is -2.02. The van der Waals surface area contributed by atoms with Gasteiger partial charge in [0.05, 0.1) is 12.2 Å². The summed E-state index contributed by atoms with van der Waals surface area (Å²) < 4.78 is 37.6.